The van der Waals surface area contributed by atoms with E-state index in [0.717, 1.165) is 22.2 Å². The van der Waals surface area contributed by atoms with Gasteiger partial charge in [-0.3, -0.25) is 5.43 Å². The molecule has 3 rings (SSSR count). The van der Waals surface area contributed by atoms with Crippen LogP contribution < -0.4 is 5.43 Å². The van der Waals surface area contributed by atoms with Crippen LogP contribution in [-0.4, -0.2) is 16.2 Å². The molecule has 1 aliphatic heterocycles. The van der Waals surface area contributed by atoms with Gasteiger partial charge in [0.05, 0.1) is 11.2 Å². The molecule has 1 N–H and O–H groups in total. The number of hydrogen-bond donors (Lipinski definition) is 1. The summed E-state index contributed by atoms with van der Waals surface area (Å²) in [6.45, 7) is 0. The van der Waals surface area contributed by atoms with Crippen molar-refractivity contribution >= 4 is 28.9 Å². The Bertz CT molecular complexity index is 572. The zero-order valence-corrected chi connectivity index (χ0v) is 7.88. The second kappa shape index (κ2) is 3.16. The molecule has 0 spiro atoms. The molecule has 0 amide bonds. The number of allylic oxidation sites excluding steroid dienone is 1. The third-order valence-corrected chi connectivity index (χ3v) is 2.33. The van der Waals surface area contributed by atoms with Crippen LogP contribution in [0, 0.1) is 0 Å². The first-order valence-corrected chi connectivity index (χ1v) is 4.63. The van der Waals surface area contributed by atoms with Crippen LogP contribution in [0.4, 0.5) is 5.69 Å². The van der Waals surface area contributed by atoms with Gasteiger partial charge in [0.25, 0.3) is 0 Å². The van der Waals surface area contributed by atoms with Crippen molar-refractivity contribution < 1.29 is 0 Å². The Balaban J connectivity index is 2.38. The van der Waals surface area contributed by atoms with E-state index in [1.165, 1.54) is 0 Å². The highest BCUT2D eigenvalue weighted by Gasteiger charge is 2.06. The molecule has 4 nitrogen and oxygen atoms in total. The predicted octanol–water partition coefficient (Wildman–Crippen LogP) is 2.05. The van der Waals surface area contributed by atoms with Gasteiger partial charge in [-0.05, 0) is 12.1 Å². The molecule has 0 fully saturated rings. The average Bonchev–Trinajstić information content (AvgIpc) is 2.54. The summed E-state index contributed by atoms with van der Waals surface area (Å²) in [5.74, 6) is 0. The third kappa shape index (κ3) is 1.27. The van der Waals surface area contributed by atoms with E-state index in [-0.39, 0.29) is 0 Å². The van der Waals surface area contributed by atoms with Crippen LogP contribution in [0.3, 0.4) is 0 Å². The van der Waals surface area contributed by atoms with Crippen molar-refractivity contribution in [3.8, 4) is 0 Å². The van der Waals surface area contributed by atoms with Crippen molar-refractivity contribution in [2.24, 2.45) is 5.10 Å². The summed E-state index contributed by atoms with van der Waals surface area (Å²) in [4.78, 5) is 8.22. The van der Waals surface area contributed by atoms with Gasteiger partial charge in [0.2, 0.25) is 0 Å². The monoisotopic (exact) mass is 196 g/mol. The van der Waals surface area contributed by atoms with Gasteiger partial charge in [0, 0.05) is 23.4 Å². The number of benzene rings is 1. The molecular formula is C11H8N4. The summed E-state index contributed by atoms with van der Waals surface area (Å²) < 4.78 is 0. The molecule has 0 bridgehead atoms. The maximum atomic E-state index is 4.19. The molecule has 0 saturated carbocycles. The predicted molar refractivity (Wildman–Crippen MR) is 60.7 cm³/mol. The Morgan fingerprint density at radius 3 is 3.20 bits per heavy atom. The summed E-state index contributed by atoms with van der Waals surface area (Å²) in [6, 6.07) is 4.00. The molecule has 72 valence electrons. The fourth-order valence-electron chi connectivity index (χ4n) is 1.63. The average molecular weight is 196 g/mol. The first-order chi connectivity index (χ1) is 7.45. The molecule has 2 aromatic rings. The number of hydrogen-bond acceptors (Lipinski definition) is 4. The lowest BCUT2D eigenvalue weighted by atomic mass is 10.1. The molecule has 0 atom stereocenters. The number of nitrogens with zero attached hydrogens (tertiary/aromatic N) is 3. The summed E-state index contributed by atoms with van der Waals surface area (Å²) in [7, 11) is 0. The minimum Gasteiger partial charge on any atom is -0.277 e. The maximum Gasteiger partial charge on any atom is 0.116 e. The highest BCUT2D eigenvalue weighted by atomic mass is 15.3. The first kappa shape index (κ1) is 8.11. The first-order valence-electron chi connectivity index (χ1n) is 4.63. The standard InChI is InChI=1S/C11H8N4/c1-2-8-3-4-10-9(6-12-7-13-10)11(8)15-14-5-1/h1-7,15H. The Hall–Kier alpha value is -2.23. The van der Waals surface area contributed by atoms with Crippen LogP contribution in [0.25, 0.3) is 17.0 Å². The van der Waals surface area contributed by atoms with E-state index in [0.29, 0.717) is 0 Å². The van der Waals surface area contributed by atoms with E-state index < -0.39 is 0 Å². The SMILES string of the molecule is C1=Cc2ccc3ncncc3c2NN=C1. The summed E-state index contributed by atoms with van der Waals surface area (Å²) in [5.41, 5.74) is 5.96. The van der Waals surface area contributed by atoms with E-state index in [1.807, 2.05) is 24.3 Å². The Morgan fingerprint density at radius 2 is 2.20 bits per heavy atom. The fourth-order valence-corrected chi connectivity index (χ4v) is 1.63. The molecule has 0 saturated heterocycles. The normalized spacial score (nSPS) is 13.3. The minimum absolute atomic E-state index is 0.918. The molecule has 4 heteroatoms. The van der Waals surface area contributed by atoms with Gasteiger partial charge in [-0.25, -0.2) is 9.97 Å². The van der Waals surface area contributed by atoms with Gasteiger partial charge in [-0.2, -0.15) is 5.10 Å². The van der Waals surface area contributed by atoms with Gasteiger partial charge in [-0.15, -0.1) is 0 Å². The number of anilines is 1. The van der Waals surface area contributed by atoms with Crippen LogP contribution in [0.2, 0.25) is 0 Å². The fraction of sp³-hybridized carbons (Fsp3) is 0. The highest BCUT2D eigenvalue weighted by molar-refractivity contribution is 5.97. The van der Waals surface area contributed by atoms with Crippen LogP contribution in [0.1, 0.15) is 5.56 Å². The van der Waals surface area contributed by atoms with Crippen molar-refractivity contribution in [3.05, 3.63) is 36.3 Å². The van der Waals surface area contributed by atoms with E-state index >= 15 is 0 Å². The number of nitrogens with one attached hydrogen (secondary N) is 1. The Kier molecular flexibility index (Phi) is 1.71. The van der Waals surface area contributed by atoms with Crippen LogP contribution in [-0.2, 0) is 0 Å². The third-order valence-electron chi connectivity index (χ3n) is 2.33. The lowest BCUT2D eigenvalue weighted by Crippen LogP contribution is -1.93. The van der Waals surface area contributed by atoms with Crippen molar-refractivity contribution in [2.75, 3.05) is 5.43 Å². The number of aromatic nitrogens is 2. The van der Waals surface area contributed by atoms with Gasteiger partial charge >= 0.3 is 0 Å². The van der Waals surface area contributed by atoms with Gasteiger partial charge in [0.1, 0.15) is 6.33 Å². The van der Waals surface area contributed by atoms with E-state index in [2.05, 4.69) is 20.5 Å². The largest absolute Gasteiger partial charge is 0.277 e. The van der Waals surface area contributed by atoms with E-state index in [1.54, 1.807) is 18.7 Å². The lowest BCUT2D eigenvalue weighted by molar-refractivity contribution is 1.22. The molecule has 0 aliphatic carbocycles. The molecule has 0 radical (unpaired) electrons. The highest BCUT2D eigenvalue weighted by Crippen LogP contribution is 2.27. The zero-order chi connectivity index (χ0) is 10.1. The zero-order valence-electron chi connectivity index (χ0n) is 7.88. The van der Waals surface area contributed by atoms with Gasteiger partial charge in [0.15, 0.2) is 0 Å². The van der Waals surface area contributed by atoms with Crippen LogP contribution >= 0.6 is 0 Å². The van der Waals surface area contributed by atoms with E-state index in [4.69, 9.17) is 0 Å². The number of rotatable bonds is 0. The van der Waals surface area contributed by atoms with Crippen molar-refractivity contribution in [1.82, 2.24) is 9.97 Å². The minimum atomic E-state index is 0.918. The number of fused-ring (bicyclic) bond motifs is 3. The second-order valence-corrected chi connectivity index (χ2v) is 3.23. The summed E-state index contributed by atoms with van der Waals surface area (Å²) in [5, 5.41) is 5.03. The molecule has 1 aliphatic rings. The van der Waals surface area contributed by atoms with Crippen LogP contribution in [0.5, 0.6) is 0 Å². The second-order valence-electron chi connectivity index (χ2n) is 3.23. The van der Waals surface area contributed by atoms with Crippen molar-refractivity contribution in [1.29, 1.82) is 0 Å². The van der Waals surface area contributed by atoms with Crippen LogP contribution in [0.15, 0.2) is 35.8 Å². The van der Waals surface area contributed by atoms with Crippen molar-refractivity contribution in [3.63, 3.8) is 0 Å². The van der Waals surface area contributed by atoms with E-state index in [9.17, 15) is 0 Å². The molecule has 1 aromatic carbocycles. The molecule has 2 heterocycles. The Labute approximate surface area is 86.4 Å². The molecular weight excluding hydrogens is 188 g/mol. The maximum absolute atomic E-state index is 4.19. The molecule has 15 heavy (non-hydrogen) atoms. The quantitative estimate of drug-likeness (QED) is 0.701. The lowest BCUT2D eigenvalue weighted by Gasteiger charge is -2.07. The number of hydrazone groups is 1. The molecule has 1 aromatic heterocycles. The topological polar surface area (TPSA) is 50.2 Å². The summed E-state index contributed by atoms with van der Waals surface area (Å²) in [6.07, 6.45) is 8.96. The smallest absolute Gasteiger partial charge is 0.116 e. The molecule has 0 unspecified atom stereocenters. The summed E-state index contributed by atoms with van der Waals surface area (Å²) >= 11 is 0. The van der Waals surface area contributed by atoms with Crippen molar-refractivity contribution in [2.45, 2.75) is 0 Å². The van der Waals surface area contributed by atoms with Gasteiger partial charge < -0.3 is 0 Å². The Morgan fingerprint density at radius 1 is 1.20 bits per heavy atom. The van der Waals surface area contributed by atoms with Gasteiger partial charge in [-0.1, -0.05) is 12.1 Å².